The maximum Gasteiger partial charge on any atom is 0.0740 e. The summed E-state index contributed by atoms with van der Waals surface area (Å²) in [4.78, 5) is 3.99. The molecular formula is C10H10BrN3. The van der Waals surface area contributed by atoms with Gasteiger partial charge >= 0.3 is 0 Å². The fourth-order valence-electron chi connectivity index (χ4n) is 1.18. The van der Waals surface area contributed by atoms with E-state index in [0.29, 0.717) is 0 Å². The van der Waals surface area contributed by atoms with Crippen molar-refractivity contribution in [2.75, 3.05) is 12.0 Å². The Balaban J connectivity index is 2.04. The molecule has 4 heteroatoms. The molecule has 0 aliphatic carbocycles. The Kier molecular flexibility index (Phi) is 2.84. The lowest BCUT2D eigenvalue weighted by Crippen LogP contribution is -2.27. The maximum atomic E-state index is 3.99. The number of hydrogen-bond acceptors (Lipinski definition) is 3. The van der Waals surface area contributed by atoms with Gasteiger partial charge in [-0.1, -0.05) is 22.0 Å². The normalized spacial score (nSPS) is 14.5. The highest BCUT2D eigenvalue weighted by Crippen LogP contribution is 2.16. The summed E-state index contributed by atoms with van der Waals surface area (Å²) in [5, 5.41) is 1.97. The van der Waals surface area contributed by atoms with E-state index in [1.807, 2.05) is 41.7 Å². The molecule has 0 unspecified atom stereocenters. The second-order valence-electron chi connectivity index (χ2n) is 2.90. The van der Waals surface area contributed by atoms with Crippen molar-refractivity contribution in [3.05, 3.63) is 41.1 Å². The van der Waals surface area contributed by atoms with Crippen LogP contribution in [0.15, 0.2) is 46.1 Å². The van der Waals surface area contributed by atoms with Crippen molar-refractivity contribution in [3.63, 3.8) is 0 Å². The number of benzene rings is 1. The summed E-state index contributed by atoms with van der Waals surface area (Å²) in [6.45, 7) is 0.781. The third kappa shape index (κ3) is 2.35. The summed E-state index contributed by atoms with van der Waals surface area (Å²) >= 11 is 3.42. The van der Waals surface area contributed by atoms with Gasteiger partial charge in [-0.05, 0) is 18.2 Å². The van der Waals surface area contributed by atoms with Crippen LogP contribution in [0.1, 0.15) is 0 Å². The number of halogens is 1. The molecule has 3 nitrogen and oxygen atoms in total. The van der Waals surface area contributed by atoms with Crippen LogP contribution in [-0.2, 0) is 0 Å². The minimum absolute atomic E-state index is 0.781. The van der Waals surface area contributed by atoms with Gasteiger partial charge in [0.05, 0.1) is 12.2 Å². The molecule has 0 bridgehead atoms. The van der Waals surface area contributed by atoms with Gasteiger partial charge in [0.2, 0.25) is 0 Å². The molecular weight excluding hydrogens is 242 g/mol. The molecule has 0 amide bonds. The molecule has 1 aliphatic heterocycles. The minimum atomic E-state index is 0.781. The molecule has 0 aromatic heterocycles. The summed E-state index contributed by atoms with van der Waals surface area (Å²) in [5.41, 5.74) is 4.30. The molecule has 1 N–H and O–H groups in total. The highest BCUT2D eigenvalue weighted by atomic mass is 79.9. The lowest BCUT2D eigenvalue weighted by Gasteiger charge is -2.21. The smallest absolute Gasteiger partial charge is 0.0740 e. The first-order valence-corrected chi connectivity index (χ1v) is 5.11. The van der Waals surface area contributed by atoms with E-state index in [1.54, 1.807) is 6.20 Å². The Morgan fingerprint density at radius 1 is 1.43 bits per heavy atom. The lowest BCUT2D eigenvalue weighted by atomic mass is 10.3. The van der Waals surface area contributed by atoms with E-state index >= 15 is 0 Å². The van der Waals surface area contributed by atoms with E-state index in [9.17, 15) is 0 Å². The molecule has 0 fully saturated rings. The fourth-order valence-corrected chi connectivity index (χ4v) is 1.58. The van der Waals surface area contributed by atoms with Gasteiger partial charge in [0.25, 0.3) is 0 Å². The van der Waals surface area contributed by atoms with Gasteiger partial charge in [-0.3, -0.25) is 15.4 Å². The zero-order valence-electron chi connectivity index (χ0n) is 7.52. The van der Waals surface area contributed by atoms with Gasteiger partial charge in [-0.2, -0.15) is 0 Å². The van der Waals surface area contributed by atoms with Crippen LogP contribution >= 0.6 is 15.9 Å². The Hall–Kier alpha value is -1.29. The van der Waals surface area contributed by atoms with Crippen LogP contribution in [0.4, 0.5) is 5.69 Å². The molecule has 14 heavy (non-hydrogen) atoms. The fraction of sp³-hybridized carbons (Fsp3) is 0.100. The first-order chi connectivity index (χ1) is 6.84. The molecule has 0 atom stereocenters. The van der Waals surface area contributed by atoms with Gasteiger partial charge in [0, 0.05) is 23.1 Å². The largest absolute Gasteiger partial charge is 0.299 e. The first kappa shape index (κ1) is 9.27. The lowest BCUT2D eigenvalue weighted by molar-refractivity contribution is 0.511. The molecule has 1 aliphatic rings. The highest BCUT2D eigenvalue weighted by Gasteiger charge is 2.00. The highest BCUT2D eigenvalue weighted by molar-refractivity contribution is 9.10. The van der Waals surface area contributed by atoms with Crippen LogP contribution in [-0.4, -0.2) is 17.8 Å². The number of rotatable bonds is 2. The van der Waals surface area contributed by atoms with Crippen LogP contribution in [0.25, 0.3) is 0 Å². The van der Waals surface area contributed by atoms with E-state index in [0.717, 1.165) is 16.7 Å². The van der Waals surface area contributed by atoms with Crippen molar-refractivity contribution in [3.8, 4) is 0 Å². The van der Waals surface area contributed by atoms with Crippen molar-refractivity contribution in [1.82, 2.24) is 5.01 Å². The Morgan fingerprint density at radius 2 is 2.36 bits per heavy atom. The average Bonchev–Trinajstić information content (AvgIpc) is 2.19. The molecule has 1 heterocycles. The summed E-state index contributed by atoms with van der Waals surface area (Å²) in [6, 6.07) is 8.04. The average molecular weight is 252 g/mol. The third-order valence-corrected chi connectivity index (χ3v) is 2.31. The second kappa shape index (κ2) is 4.28. The van der Waals surface area contributed by atoms with Gasteiger partial charge in [0.15, 0.2) is 0 Å². The SMILES string of the molecule is Brc1cccc(NN2C=CN=CC2)c1. The molecule has 1 aromatic rings. The summed E-state index contributed by atoms with van der Waals surface area (Å²) < 4.78 is 1.07. The summed E-state index contributed by atoms with van der Waals surface area (Å²) in [6.07, 6.45) is 5.51. The quantitative estimate of drug-likeness (QED) is 0.876. The van der Waals surface area contributed by atoms with E-state index in [-0.39, 0.29) is 0 Å². The van der Waals surface area contributed by atoms with E-state index in [4.69, 9.17) is 0 Å². The van der Waals surface area contributed by atoms with Crippen molar-refractivity contribution in [2.24, 2.45) is 4.99 Å². The Bertz CT molecular complexity index is 373. The van der Waals surface area contributed by atoms with E-state index in [2.05, 4.69) is 26.3 Å². The zero-order valence-corrected chi connectivity index (χ0v) is 9.11. The maximum absolute atomic E-state index is 3.99. The molecule has 0 spiro atoms. The third-order valence-electron chi connectivity index (χ3n) is 1.81. The molecule has 72 valence electrons. The topological polar surface area (TPSA) is 27.6 Å². The van der Waals surface area contributed by atoms with Gasteiger partial charge in [0.1, 0.15) is 0 Å². The number of anilines is 1. The summed E-state index contributed by atoms with van der Waals surface area (Å²) in [5.74, 6) is 0. The van der Waals surface area contributed by atoms with Crippen LogP contribution < -0.4 is 5.43 Å². The van der Waals surface area contributed by atoms with Gasteiger partial charge in [-0.15, -0.1) is 0 Å². The number of hydrogen-bond donors (Lipinski definition) is 1. The molecule has 1 aromatic carbocycles. The van der Waals surface area contributed by atoms with Gasteiger partial charge in [-0.25, -0.2) is 0 Å². The van der Waals surface area contributed by atoms with Crippen molar-refractivity contribution in [2.45, 2.75) is 0 Å². The number of nitrogens with one attached hydrogen (secondary N) is 1. The molecule has 2 rings (SSSR count). The monoisotopic (exact) mass is 251 g/mol. The van der Waals surface area contributed by atoms with Crippen molar-refractivity contribution >= 4 is 27.8 Å². The van der Waals surface area contributed by atoms with Crippen LogP contribution in [0.2, 0.25) is 0 Å². The Labute approximate surface area is 91.2 Å². The molecule has 0 saturated heterocycles. The van der Waals surface area contributed by atoms with Crippen LogP contribution in [0.5, 0.6) is 0 Å². The second-order valence-corrected chi connectivity index (χ2v) is 3.82. The Morgan fingerprint density at radius 3 is 3.07 bits per heavy atom. The zero-order chi connectivity index (χ0) is 9.80. The van der Waals surface area contributed by atoms with Crippen LogP contribution in [0, 0.1) is 0 Å². The predicted octanol–water partition coefficient (Wildman–Crippen LogP) is 2.63. The number of aliphatic imine (C=N–C) groups is 1. The molecule has 0 saturated carbocycles. The number of hydrazine groups is 1. The first-order valence-electron chi connectivity index (χ1n) is 4.32. The van der Waals surface area contributed by atoms with Gasteiger partial charge < -0.3 is 0 Å². The standard InChI is InChI=1S/C10H10BrN3/c11-9-2-1-3-10(8-9)13-14-6-4-12-5-7-14/h1-6,8,13H,7H2. The van der Waals surface area contributed by atoms with E-state index in [1.165, 1.54) is 0 Å². The van der Waals surface area contributed by atoms with E-state index < -0.39 is 0 Å². The van der Waals surface area contributed by atoms with Crippen molar-refractivity contribution in [1.29, 1.82) is 0 Å². The minimum Gasteiger partial charge on any atom is -0.299 e. The van der Waals surface area contributed by atoms with Crippen molar-refractivity contribution < 1.29 is 0 Å². The number of nitrogens with zero attached hydrogens (tertiary/aromatic N) is 2. The summed E-state index contributed by atoms with van der Waals surface area (Å²) in [7, 11) is 0. The predicted molar refractivity (Wildman–Crippen MR) is 62.1 cm³/mol. The molecule has 0 radical (unpaired) electrons. The van der Waals surface area contributed by atoms with Crippen LogP contribution in [0.3, 0.4) is 0 Å².